The van der Waals surface area contributed by atoms with Crippen LogP contribution in [-0.2, 0) is 16.1 Å². The van der Waals surface area contributed by atoms with Crippen molar-refractivity contribution >= 4 is 33.7 Å². The van der Waals surface area contributed by atoms with Gasteiger partial charge in [-0.3, -0.25) is 19.3 Å². The number of fused-ring (bicyclic) bond motifs is 1. The Kier molecular flexibility index (Phi) is 4.70. The molecular formula is C16H19BrN2O3. The molecule has 0 aliphatic carbocycles. The first kappa shape index (κ1) is 16.7. The molecular weight excluding hydrogens is 348 g/mol. The molecule has 0 unspecified atom stereocenters. The fourth-order valence-corrected chi connectivity index (χ4v) is 3.24. The number of carbonyl (C=O) groups excluding carboxylic acids is 3. The number of benzene rings is 1. The minimum atomic E-state index is -0.768. The van der Waals surface area contributed by atoms with E-state index in [1.165, 1.54) is 4.90 Å². The highest BCUT2D eigenvalue weighted by atomic mass is 79.9. The van der Waals surface area contributed by atoms with E-state index in [4.69, 9.17) is 0 Å². The Labute approximate surface area is 138 Å². The first-order valence-electron chi connectivity index (χ1n) is 7.21. The van der Waals surface area contributed by atoms with Crippen molar-refractivity contribution in [2.75, 3.05) is 0 Å². The van der Waals surface area contributed by atoms with E-state index in [-0.39, 0.29) is 18.6 Å². The maximum absolute atomic E-state index is 12.5. The molecule has 22 heavy (non-hydrogen) atoms. The van der Waals surface area contributed by atoms with Gasteiger partial charge >= 0.3 is 11.8 Å². The Bertz CT molecular complexity index is 632. The van der Waals surface area contributed by atoms with Crippen molar-refractivity contribution in [3.05, 3.63) is 33.8 Å². The van der Waals surface area contributed by atoms with Gasteiger partial charge in [0.25, 0.3) is 5.91 Å². The minimum Gasteiger partial charge on any atom is -0.330 e. The van der Waals surface area contributed by atoms with Crippen LogP contribution in [0.25, 0.3) is 0 Å². The highest BCUT2D eigenvalue weighted by Gasteiger charge is 2.38. The third-order valence-electron chi connectivity index (χ3n) is 3.69. The van der Waals surface area contributed by atoms with Crippen LogP contribution in [0.4, 0.5) is 0 Å². The van der Waals surface area contributed by atoms with Gasteiger partial charge in [0.15, 0.2) is 0 Å². The first-order valence-corrected chi connectivity index (χ1v) is 8.00. The van der Waals surface area contributed by atoms with E-state index in [2.05, 4.69) is 15.9 Å². The van der Waals surface area contributed by atoms with Crippen molar-refractivity contribution in [3.63, 3.8) is 0 Å². The summed E-state index contributed by atoms with van der Waals surface area (Å²) in [5.74, 6) is -1.82. The predicted octanol–water partition coefficient (Wildman–Crippen LogP) is 2.58. The molecule has 0 saturated heterocycles. The van der Waals surface area contributed by atoms with E-state index in [0.717, 1.165) is 14.9 Å². The first-order chi connectivity index (χ1) is 10.3. The van der Waals surface area contributed by atoms with Crippen LogP contribution in [0.15, 0.2) is 22.7 Å². The lowest BCUT2D eigenvalue weighted by Gasteiger charge is -2.31. The molecule has 2 rings (SSSR count). The molecule has 3 amide bonds. The lowest BCUT2D eigenvalue weighted by atomic mass is 10.1. The lowest BCUT2D eigenvalue weighted by molar-refractivity contribution is -0.152. The fourth-order valence-electron chi connectivity index (χ4n) is 2.75. The average molecular weight is 367 g/mol. The van der Waals surface area contributed by atoms with Crippen molar-refractivity contribution in [2.24, 2.45) is 0 Å². The second-order valence-corrected chi connectivity index (χ2v) is 6.72. The number of nitrogens with zero attached hydrogens (tertiary/aromatic N) is 2. The zero-order chi connectivity index (χ0) is 16.6. The number of carbonyl (C=O) groups is 3. The lowest BCUT2D eigenvalue weighted by Crippen LogP contribution is -2.50. The van der Waals surface area contributed by atoms with E-state index in [1.54, 1.807) is 12.1 Å². The molecule has 1 aromatic rings. The third kappa shape index (κ3) is 2.79. The molecule has 118 valence electrons. The summed E-state index contributed by atoms with van der Waals surface area (Å²) < 4.78 is 0.769. The van der Waals surface area contributed by atoms with Crippen LogP contribution in [0.5, 0.6) is 0 Å². The molecule has 1 aliphatic heterocycles. The van der Waals surface area contributed by atoms with Crippen molar-refractivity contribution in [1.82, 2.24) is 9.80 Å². The Balaban J connectivity index is 2.27. The SMILES string of the molecule is CC(C)N(C(=O)C(=O)N1Cc2c(Br)cccc2C1=O)C(C)C. The molecule has 0 radical (unpaired) electrons. The average Bonchev–Trinajstić information content (AvgIpc) is 2.76. The summed E-state index contributed by atoms with van der Waals surface area (Å²) in [5.41, 5.74) is 1.21. The van der Waals surface area contributed by atoms with Crippen LogP contribution >= 0.6 is 15.9 Å². The quantitative estimate of drug-likeness (QED) is 0.755. The van der Waals surface area contributed by atoms with Gasteiger partial charge in [0.2, 0.25) is 0 Å². The number of amides is 3. The molecule has 1 aromatic carbocycles. The Morgan fingerprint density at radius 1 is 1.18 bits per heavy atom. The Morgan fingerprint density at radius 3 is 2.27 bits per heavy atom. The van der Waals surface area contributed by atoms with Gasteiger partial charge in [0.1, 0.15) is 0 Å². The van der Waals surface area contributed by atoms with Gasteiger partial charge in [-0.25, -0.2) is 0 Å². The monoisotopic (exact) mass is 366 g/mol. The molecule has 0 N–H and O–H groups in total. The van der Waals surface area contributed by atoms with Crippen LogP contribution in [0.2, 0.25) is 0 Å². The summed E-state index contributed by atoms with van der Waals surface area (Å²) in [7, 11) is 0. The molecule has 6 heteroatoms. The van der Waals surface area contributed by atoms with Gasteiger partial charge in [0, 0.05) is 22.1 Å². The van der Waals surface area contributed by atoms with E-state index in [0.29, 0.717) is 5.56 Å². The van der Waals surface area contributed by atoms with Crippen molar-refractivity contribution in [2.45, 2.75) is 46.3 Å². The molecule has 0 bridgehead atoms. The topological polar surface area (TPSA) is 57.7 Å². The molecule has 0 spiro atoms. The summed E-state index contributed by atoms with van der Waals surface area (Å²) >= 11 is 3.38. The maximum Gasteiger partial charge on any atom is 0.319 e. The van der Waals surface area contributed by atoms with Crippen LogP contribution in [0.3, 0.4) is 0 Å². The summed E-state index contributed by atoms with van der Waals surface area (Å²) in [6.45, 7) is 7.53. The van der Waals surface area contributed by atoms with Gasteiger partial charge in [-0.1, -0.05) is 22.0 Å². The van der Waals surface area contributed by atoms with Gasteiger partial charge in [-0.15, -0.1) is 0 Å². The summed E-state index contributed by atoms with van der Waals surface area (Å²) in [6, 6.07) is 5.01. The fraction of sp³-hybridized carbons (Fsp3) is 0.438. The van der Waals surface area contributed by atoms with Gasteiger partial charge in [-0.2, -0.15) is 0 Å². The highest BCUT2D eigenvalue weighted by molar-refractivity contribution is 9.10. The van der Waals surface area contributed by atoms with Crippen LogP contribution in [-0.4, -0.2) is 39.6 Å². The van der Waals surface area contributed by atoms with Crippen molar-refractivity contribution in [1.29, 1.82) is 0 Å². The molecule has 0 aromatic heterocycles. The third-order valence-corrected chi connectivity index (χ3v) is 4.43. The number of rotatable bonds is 2. The van der Waals surface area contributed by atoms with Crippen LogP contribution in [0.1, 0.15) is 43.6 Å². The number of hydrogen-bond acceptors (Lipinski definition) is 3. The Hall–Kier alpha value is -1.69. The molecule has 5 nitrogen and oxygen atoms in total. The second kappa shape index (κ2) is 6.20. The smallest absolute Gasteiger partial charge is 0.319 e. The number of imide groups is 1. The molecule has 0 saturated carbocycles. The van der Waals surface area contributed by atoms with E-state index < -0.39 is 17.7 Å². The summed E-state index contributed by atoms with van der Waals surface area (Å²) in [6.07, 6.45) is 0. The van der Waals surface area contributed by atoms with Crippen LogP contribution < -0.4 is 0 Å². The standard InChI is InChI=1S/C16H19BrN2O3/c1-9(2)19(10(3)4)16(22)15(21)18-8-12-11(14(18)20)6-5-7-13(12)17/h5-7,9-10H,8H2,1-4H3. The van der Waals surface area contributed by atoms with Gasteiger partial charge in [-0.05, 0) is 45.4 Å². The van der Waals surface area contributed by atoms with E-state index in [1.807, 2.05) is 33.8 Å². The normalized spacial score (nSPS) is 13.8. The highest BCUT2D eigenvalue weighted by Crippen LogP contribution is 2.29. The Morgan fingerprint density at radius 2 is 1.77 bits per heavy atom. The molecule has 0 fully saturated rings. The molecule has 0 atom stereocenters. The van der Waals surface area contributed by atoms with Gasteiger partial charge < -0.3 is 4.90 Å². The molecule has 1 aliphatic rings. The maximum atomic E-state index is 12.5. The van der Waals surface area contributed by atoms with Crippen LogP contribution in [0, 0.1) is 0 Å². The zero-order valence-electron chi connectivity index (χ0n) is 13.1. The van der Waals surface area contributed by atoms with Crippen molar-refractivity contribution < 1.29 is 14.4 Å². The minimum absolute atomic E-state index is 0.108. The zero-order valence-corrected chi connectivity index (χ0v) is 14.7. The summed E-state index contributed by atoms with van der Waals surface area (Å²) in [5, 5.41) is 0. The number of hydrogen-bond donors (Lipinski definition) is 0. The van der Waals surface area contributed by atoms with Gasteiger partial charge in [0.05, 0.1) is 6.54 Å². The number of halogens is 1. The predicted molar refractivity (Wildman–Crippen MR) is 86.1 cm³/mol. The summed E-state index contributed by atoms with van der Waals surface area (Å²) in [4.78, 5) is 39.8. The second-order valence-electron chi connectivity index (χ2n) is 5.86. The van der Waals surface area contributed by atoms with E-state index >= 15 is 0 Å². The van der Waals surface area contributed by atoms with E-state index in [9.17, 15) is 14.4 Å². The van der Waals surface area contributed by atoms with Crippen molar-refractivity contribution in [3.8, 4) is 0 Å². The molecule has 1 heterocycles. The largest absolute Gasteiger partial charge is 0.330 e.